The predicted octanol–water partition coefficient (Wildman–Crippen LogP) is 4.29. The van der Waals surface area contributed by atoms with E-state index in [1.165, 1.54) is 18.2 Å². The highest BCUT2D eigenvalue weighted by atomic mass is 19.1. The van der Waals surface area contributed by atoms with E-state index in [1.807, 2.05) is 20.8 Å². The first-order valence-electron chi connectivity index (χ1n) is 7.02. The fraction of sp³-hybridized carbons (Fsp3) is 0.375. The quantitative estimate of drug-likeness (QED) is 0.913. The number of nitrogens with one attached hydrogen (secondary N) is 1. The fourth-order valence-electron chi connectivity index (χ4n) is 2.10. The van der Waals surface area contributed by atoms with Gasteiger partial charge >= 0.3 is 0 Å². The first-order valence-corrected chi connectivity index (χ1v) is 7.02. The number of aromatic nitrogens is 2. The van der Waals surface area contributed by atoms with Crippen molar-refractivity contribution >= 4 is 5.82 Å². The van der Waals surface area contributed by atoms with Crippen LogP contribution in [0.4, 0.5) is 14.6 Å². The summed E-state index contributed by atoms with van der Waals surface area (Å²) in [6.07, 6.45) is 0. The Bertz CT molecular complexity index is 634. The highest BCUT2D eigenvalue weighted by Gasteiger charge is 2.19. The van der Waals surface area contributed by atoms with Crippen molar-refractivity contribution in [2.24, 2.45) is 0 Å². The summed E-state index contributed by atoms with van der Waals surface area (Å²) in [6, 6.07) is 3.82. The molecular weight excluding hydrogens is 272 g/mol. The number of anilines is 1. The zero-order valence-electron chi connectivity index (χ0n) is 12.7. The third-order valence-electron chi connectivity index (χ3n) is 3.22. The lowest BCUT2D eigenvalue weighted by molar-refractivity contribution is 0.588. The number of hydrogen-bond donors (Lipinski definition) is 1. The largest absolute Gasteiger partial charge is 0.370 e. The molecule has 5 heteroatoms. The second-order valence-corrected chi connectivity index (χ2v) is 5.19. The molecule has 2 aromatic rings. The van der Waals surface area contributed by atoms with Gasteiger partial charge in [0.25, 0.3) is 0 Å². The molecule has 1 aromatic carbocycles. The van der Waals surface area contributed by atoms with Gasteiger partial charge in [-0.2, -0.15) is 0 Å². The van der Waals surface area contributed by atoms with Crippen molar-refractivity contribution < 1.29 is 8.78 Å². The van der Waals surface area contributed by atoms with Crippen molar-refractivity contribution in [3.63, 3.8) is 0 Å². The fourth-order valence-corrected chi connectivity index (χ4v) is 2.10. The summed E-state index contributed by atoms with van der Waals surface area (Å²) in [5.41, 5.74) is 0.851. The monoisotopic (exact) mass is 291 g/mol. The molecule has 0 saturated heterocycles. The van der Waals surface area contributed by atoms with E-state index in [0.29, 0.717) is 29.4 Å². The molecule has 2 rings (SSSR count). The van der Waals surface area contributed by atoms with Crippen molar-refractivity contribution in [1.29, 1.82) is 0 Å². The molecule has 3 nitrogen and oxygen atoms in total. The smallest absolute Gasteiger partial charge is 0.135 e. The minimum atomic E-state index is -0.617. The first-order chi connectivity index (χ1) is 9.95. The molecule has 0 bridgehead atoms. The minimum absolute atomic E-state index is 0.0663. The van der Waals surface area contributed by atoms with Gasteiger partial charge in [-0.25, -0.2) is 18.7 Å². The van der Waals surface area contributed by atoms with Crippen molar-refractivity contribution in [3.05, 3.63) is 41.2 Å². The standard InChI is InChI=1S/C16H19F2N3/c1-5-19-16-10(4)14(20-15(21-16)9(2)3)13-11(17)7-6-8-12(13)18/h6-9H,5H2,1-4H3,(H,19,20,21). The Morgan fingerprint density at radius 2 is 1.76 bits per heavy atom. The van der Waals surface area contributed by atoms with Gasteiger partial charge in [0.05, 0.1) is 11.3 Å². The lowest BCUT2D eigenvalue weighted by Crippen LogP contribution is -2.10. The van der Waals surface area contributed by atoms with Crippen LogP contribution in [-0.4, -0.2) is 16.5 Å². The molecule has 1 N–H and O–H groups in total. The van der Waals surface area contributed by atoms with Crippen molar-refractivity contribution in [2.45, 2.75) is 33.6 Å². The van der Waals surface area contributed by atoms with Crippen molar-refractivity contribution in [3.8, 4) is 11.3 Å². The Hall–Kier alpha value is -2.04. The SMILES string of the molecule is CCNc1nc(C(C)C)nc(-c2c(F)cccc2F)c1C. The molecule has 0 radical (unpaired) electrons. The average molecular weight is 291 g/mol. The molecule has 21 heavy (non-hydrogen) atoms. The summed E-state index contributed by atoms with van der Waals surface area (Å²) < 4.78 is 28.1. The summed E-state index contributed by atoms with van der Waals surface area (Å²) in [7, 11) is 0. The molecule has 0 unspecified atom stereocenters. The number of hydrogen-bond acceptors (Lipinski definition) is 3. The lowest BCUT2D eigenvalue weighted by Gasteiger charge is -2.15. The average Bonchev–Trinajstić information content (AvgIpc) is 2.42. The Morgan fingerprint density at radius 1 is 1.14 bits per heavy atom. The lowest BCUT2D eigenvalue weighted by atomic mass is 10.0. The van der Waals surface area contributed by atoms with Crippen LogP contribution >= 0.6 is 0 Å². The maximum atomic E-state index is 14.0. The van der Waals surface area contributed by atoms with Crippen LogP contribution in [0.15, 0.2) is 18.2 Å². The van der Waals surface area contributed by atoms with E-state index < -0.39 is 11.6 Å². The number of benzene rings is 1. The molecule has 0 aliphatic rings. The van der Waals surface area contributed by atoms with E-state index in [-0.39, 0.29) is 11.5 Å². The van der Waals surface area contributed by atoms with Gasteiger partial charge in [-0.3, -0.25) is 0 Å². The molecule has 1 aromatic heterocycles. The summed E-state index contributed by atoms with van der Waals surface area (Å²) in [5, 5.41) is 3.12. The Balaban J connectivity index is 2.72. The van der Waals surface area contributed by atoms with Crippen LogP contribution in [0.25, 0.3) is 11.3 Å². The summed E-state index contributed by atoms with van der Waals surface area (Å²) in [4.78, 5) is 8.82. The Labute approximate surface area is 123 Å². The van der Waals surface area contributed by atoms with Crippen LogP contribution in [0.1, 0.15) is 38.1 Å². The molecule has 0 saturated carbocycles. The number of halogens is 2. The maximum absolute atomic E-state index is 14.0. The molecule has 0 aliphatic heterocycles. The van der Waals surface area contributed by atoms with Crippen LogP contribution in [0.3, 0.4) is 0 Å². The van der Waals surface area contributed by atoms with Gasteiger partial charge in [-0.1, -0.05) is 19.9 Å². The van der Waals surface area contributed by atoms with E-state index in [1.54, 1.807) is 6.92 Å². The van der Waals surface area contributed by atoms with Gasteiger partial charge < -0.3 is 5.32 Å². The van der Waals surface area contributed by atoms with E-state index in [4.69, 9.17) is 0 Å². The van der Waals surface area contributed by atoms with Gasteiger partial charge in [0, 0.05) is 18.0 Å². The highest BCUT2D eigenvalue weighted by Crippen LogP contribution is 2.31. The van der Waals surface area contributed by atoms with E-state index in [2.05, 4.69) is 15.3 Å². The van der Waals surface area contributed by atoms with Crippen LogP contribution in [0.5, 0.6) is 0 Å². The number of nitrogens with zero attached hydrogens (tertiary/aromatic N) is 2. The van der Waals surface area contributed by atoms with Crippen molar-refractivity contribution in [1.82, 2.24) is 9.97 Å². The molecule has 0 atom stereocenters. The second-order valence-electron chi connectivity index (χ2n) is 5.19. The molecular formula is C16H19F2N3. The van der Waals surface area contributed by atoms with Crippen LogP contribution in [-0.2, 0) is 0 Å². The third kappa shape index (κ3) is 3.01. The molecule has 0 amide bonds. The van der Waals surface area contributed by atoms with Crippen molar-refractivity contribution in [2.75, 3.05) is 11.9 Å². The zero-order chi connectivity index (χ0) is 15.6. The normalized spacial score (nSPS) is 11.0. The van der Waals surface area contributed by atoms with Gasteiger partial charge in [-0.15, -0.1) is 0 Å². The summed E-state index contributed by atoms with van der Waals surface area (Å²) in [5.74, 6) is 0.0163. The molecule has 112 valence electrons. The number of rotatable bonds is 4. The molecule has 0 fully saturated rings. The summed E-state index contributed by atoms with van der Waals surface area (Å²) >= 11 is 0. The van der Waals surface area contributed by atoms with Crippen LogP contribution in [0, 0.1) is 18.6 Å². The molecule has 1 heterocycles. The highest BCUT2D eigenvalue weighted by molar-refractivity contribution is 5.69. The second kappa shape index (κ2) is 6.16. The first kappa shape index (κ1) is 15.4. The van der Waals surface area contributed by atoms with Crippen LogP contribution in [0.2, 0.25) is 0 Å². The van der Waals surface area contributed by atoms with E-state index in [9.17, 15) is 8.78 Å². The van der Waals surface area contributed by atoms with E-state index >= 15 is 0 Å². The van der Waals surface area contributed by atoms with Gasteiger partial charge in [0.2, 0.25) is 0 Å². The molecule has 0 aliphatic carbocycles. The Morgan fingerprint density at radius 3 is 2.29 bits per heavy atom. The minimum Gasteiger partial charge on any atom is -0.370 e. The summed E-state index contributed by atoms with van der Waals surface area (Å²) in [6.45, 7) is 8.28. The molecule has 0 spiro atoms. The van der Waals surface area contributed by atoms with Gasteiger partial charge in [-0.05, 0) is 26.0 Å². The Kier molecular flexibility index (Phi) is 4.50. The third-order valence-corrected chi connectivity index (χ3v) is 3.22. The van der Waals surface area contributed by atoms with Gasteiger partial charge in [0.15, 0.2) is 0 Å². The predicted molar refractivity (Wildman–Crippen MR) is 80.4 cm³/mol. The topological polar surface area (TPSA) is 37.8 Å². The van der Waals surface area contributed by atoms with E-state index in [0.717, 1.165) is 0 Å². The van der Waals surface area contributed by atoms with Crippen LogP contribution < -0.4 is 5.32 Å². The van der Waals surface area contributed by atoms with Gasteiger partial charge in [0.1, 0.15) is 23.3 Å². The maximum Gasteiger partial charge on any atom is 0.135 e. The zero-order valence-corrected chi connectivity index (χ0v) is 12.7.